The van der Waals surface area contributed by atoms with Crippen molar-refractivity contribution in [2.75, 3.05) is 34.4 Å². The van der Waals surface area contributed by atoms with Crippen LogP contribution in [0.15, 0.2) is 36.5 Å². The van der Waals surface area contributed by atoms with Gasteiger partial charge in [-0.15, -0.1) is 0 Å². The molecule has 0 bridgehead atoms. The van der Waals surface area contributed by atoms with Crippen molar-refractivity contribution in [1.82, 2.24) is 20.1 Å². The van der Waals surface area contributed by atoms with Gasteiger partial charge in [0.25, 0.3) is 5.91 Å². The minimum atomic E-state index is -0.201. The molecule has 1 N–H and O–H groups in total. The number of nitrogens with one attached hydrogen (secondary N) is 1. The van der Waals surface area contributed by atoms with Gasteiger partial charge in [-0.25, -0.2) is 4.98 Å². The number of carbonyl (C=O) groups excluding carboxylic acids is 1. The first-order chi connectivity index (χ1) is 16.1. The van der Waals surface area contributed by atoms with Crippen molar-refractivity contribution < 1.29 is 23.7 Å². The fourth-order valence-electron chi connectivity index (χ4n) is 3.70. The zero-order chi connectivity index (χ0) is 23.4. The number of methoxy groups -OCH3 is 3. The maximum atomic E-state index is 13.0. The Morgan fingerprint density at radius 2 is 1.91 bits per heavy atom. The number of nitrogens with zero attached hydrogens (tertiary/aromatic N) is 4. The maximum Gasteiger partial charge on any atom is 0.272 e. The number of amides is 1. The highest BCUT2D eigenvalue weighted by atomic mass is 16.5. The molecule has 3 aromatic rings. The first-order valence-electron chi connectivity index (χ1n) is 10.2. The predicted octanol–water partition coefficient (Wildman–Crippen LogP) is 2.66. The molecule has 0 saturated carbocycles. The van der Waals surface area contributed by atoms with Crippen LogP contribution in [0.2, 0.25) is 0 Å². The number of carbonyl (C=O) groups is 1. The summed E-state index contributed by atoms with van der Waals surface area (Å²) in [5.41, 5.74) is 2.12. The van der Waals surface area contributed by atoms with E-state index in [2.05, 4.69) is 21.3 Å². The molecule has 1 unspecified atom stereocenters. The van der Waals surface area contributed by atoms with Gasteiger partial charge in [0.05, 0.1) is 45.2 Å². The molecule has 1 aromatic carbocycles. The van der Waals surface area contributed by atoms with Crippen molar-refractivity contribution in [2.24, 2.45) is 0 Å². The number of benzene rings is 1. The Hall–Kier alpha value is -4.26. The Balaban J connectivity index is 1.47. The SMILES string of the molecule is COc1cc(-c2cc(C(=O)N3CCC(Oc4cc(C#N)ccn4)C3)[nH]n2)cc(OC)c1OC. The molecule has 33 heavy (non-hydrogen) atoms. The number of hydrogen-bond donors (Lipinski definition) is 1. The van der Waals surface area contributed by atoms with Gasteiger partial charge >= 0.3 is 0 Å². The zero-order valence-electron chi connectivity index (χ0n) is 18.5. The van der Waals surface area contributed by atoms with Crippen LogP contribution >= 0.6 is 0 Å². The van der Waals surface area contributed by atoms with Gasteiger partial charge in [0, 0.05) is 30.8 Å². The number of ether oxygens (including phenoxy) is 4. The molecule has 0 aliphatic carbocycles. The van der Waals surface area contributed by atoms with Gasteiger partial charge in [-0.3, -0.25) is 9.89 Å². The Morgan fingerprint density at radius 3 is 2.58 bits per heavy atom. The topological polar surface area (TPSA) is 123 Å². The third-order valence-corrected chi connectivity index (χ3v) is 5.35. The molecule has 1 aliphatic rings. The van der Waals surface area contributed by atoms with E-state index in [9.17, 15) is 4.79 Å². The number of likely N-dealkylation sites (tertiary alicyclic amines) is 1. The van der Waals surface area contributed by atoms with Crippen LogP contribution in [0, 0.1) is 11.3 Å². The van der Waals surface area contributed by atoms with Crippen LogP contribution in [0.3, 0.4) is 0 Å². The number of nitriles is 1. The highest BCUT2D eigenvalue weighted by molar-refractivity contribution is 5.93. The molecule has 170 valence electrons. The van der Waals surface area contributed by atoms with Crippen LogP contribution < -0.4 is 18.9 Å². The van der Waals surface area contributed by atoms with Crippen LogP contribution in [0.4, 0.5) is 0 Å². The summed E-state index contributed by atoms with van der Waals surface area (Å²) in [6.45, 7) is 0.954. The average molecular weight is 449 g/mol. The van der Waals surface area contributed by atoms with Crippen LogP contribution in [0.1, 0.15) is 22.5 Å². The molecule has 1 fully saturated rings. The monoisotopic (exact) mass is 449 g/mol. The van der Waals surface area contributed by atoms with E-state index in [4.69, 9.17) is 24.2 Å². The number of pyridine rings is 1. The summed E-state index contributed by atoms with van der Waals surface area (Å²) >= 11 is 0. The van der Waals surface area contributed by atoms with E-state index in [0.717, 1.165) is 0 Å². The fraction of sp³-hybridized carbons (Fsp3) is 0.304. The molecule has 4 rings (SSSR count). The number of hydrogen-bond acceptors (Lipinski definition) is 8. The molecular weight excluding hydrogens is 426 g/mol. The molecule has 3 heterocycles. The second-order valence-corrected chi connectivity index (χ2v) is 7.36. The van der Waals surface area contributed by atoms with E-state index < -0.39 is 0 Å². The lowest BCUT2D eigenvalue weighted by molar-refractivity contribution is 0.0765. The number of aromatic amines is 1. The van der Waals surface area contributed by atoms with Gasteiger partial charge in [-0.05, 0) is 24.3 Å². The lowest BCUT2D eigenvalue weighted by atomic mass is 10.1. The fourth-order valence-corrected chi connectivity index (χ4v) is 3.70. The highest BCUT2D eigenvalue weighted by Gasteiger charge is 2.30. The van der Waals surface area contributed by atoms with Crippen LogP contribution in [0.25, 0.3) is 11.3 Å². The van der Waals surface area contributed by atoms with Crippen molar-refractivity contribution >= 4 is 5.91 Å². The van der Waals surface area contributed by atoms with Crippen LogP contribution in [-0.2, 0) is 0 Å². The summed E-state index contributed by atoms with van der Waals surface area (Å²) in [6.07, 6.45) is 1.99. The largest absolute Gasteiger partial charge is 0.493 e. The normalized spacial score (nSPS) is 15.1. The van der Waals surface area contributed by atoms with E-state index in [1.165, 1.54) is 13.3 Å². The Morgan fingerprint density at radius 1 is 1.15 bits per heavy atom. The van der Waals surface area contributed by atoms with E-state index >= 15 is 0 Å². The molecule has 1 amide bonds. The number of aromatic nitrogens is 3. The number of H-pyrrole nitrogens is 1. The van der Waals surface area contributed by atoms with Crippen molar-refractivity contribution in [2.45, 2.75) is 12.5 Å². The smallest absolute Gasteiger partial charge is 0.272 e. The van der Waals surface area contributed by atoms with Crippen molar-refractivity contribution in [3.05, 3.63) is 47.8 Å². The zero-order valence-corrected chi connectivity index (χ0v) is 18.5. The second kappa shape index (κ2) is 9.48. The predicted molar refractivity (Wildman–Crippen MR) is 118 cm³/mol. The standard InChI is InChI=1S/C23H23N5O5/c1-30-19-9-15(10-20(31-2)22(19)32-3)17-11-18(27-26-17)23(29)28-7-5-16(13-28)33-21-8-14(12-24)4-6-25-21/h4,6,8-11,16H,5,7,13H2,1-3H3,(H,26,27). The highest BCUT2D eigenvalue weighted by Crippen LogP contribution is 2.40. The van der Waals surface area contributed by atoms with Gasteiger partial charge in [0.2, 0.25) is 11.6 Å². The van der Waals surface area contributed by atoms with Gasteiger partial charge < -0.3 is 23.8 Å². The van der Waals surface area contributed by atoms with Crippen molar-refractivity contribution in [3.8, 4) is 40.5 Å². The van der Waals surface area contributed by atoms with Crippen LogP contribution in [-0.4, -0.2) is 66.5 Å². The van der Waals surface area contributed by atoms with E-state index in [1.54, 1.807) is 49.5 Å². The van der Waals surface area contributed by atoms with Crippen molar-refractivity contribution in [3.63, 3.8) is 0 Å². The average Bonchev–Trinajstić information content (AvgIpc) is 3.53. The van der Waals surface area contributed by atoms with Gasteiger partial charge in [-0.1, -0.05) is 0 Å². The van der Waals surface area contributed by atoms with Crippen LogP contribution in [0.5, 0.6) is 23.1 Å². The Bertz CT molecular complexity index is 1180. The summed E-state index contributed by atoms with van der Waals surface area (Å²) in [4.78, 5) is 18.8. The molecule has 1 saturated heterocycles. The molecular formula is C23H23N5O5. The van der Waals surface area contributed by atoms with Gasteiger partial charge in [0.1, 0.15) is 11.8 Å². The molecule has 10 heteroatoms. The third kappa shape index (κ3) is 4.52. The minimum Gasteiger partial charge on any atom is -0.493 e. The van der Waals surface area contributed by atoms with E-state index in [1.807, 2.05) is 0 Å². The summed E-state index contributed by atoms with van der Waals surface area (Å²) in [5, 5.41) is 16.1. The number of rotatable bonds is 7. The van der Waals surface area contributed by atoms with E-state index in [0.29, 0.717) is 65.2 Å². The lowest BCUT2D eigenvalue weighted by Crippen LogP contribution is -2.31. The van der Waals surface area contributed by atoms with Crippen molar-refractivity contribution in [1.29, 1.82) is 5.26 Å². The third-order valence-electron chi connectivity index (χ3n) is 5.35. The Kier molecular flexibility index (Phi) is 6.31. The van der Waals surface area contributed by atoms with Gasteiger partial charge in [-0.2, -0.15) is 10.4 Å². The summed E-state index contributed by atoms with van der Waals surface area (Å²) in [7, 11) is 4.62. The summed E-state index contributed by atoms with van der Waals surface area (Å²) in [6, 6.07) is 10.5. The first kappa shape index (κ1) is 22.0. The molecule has 0 spiro atoms. The molecule has 1 atom stereocenters. The lowest BCUT2D eigenvalue weighted by Gasteiger charge is -2.16. The minimum absolute atomic E-state index is 0.175. The molecule has 10 nitrogen and oxygen atoms in total. The maximum absolute atomic E-state index is 13.0. The molecule has 0 radical (unpaired) electrons. The summed E-state index contributed by atoms with van der Waals surface area (Å²) < 4.78 is 22.0. The Labute approximate surface area is 190 Å². The quantitative estimate of drug-likeness (QED) is 0.584. The summed E-state index contributed by atoms with van der Waals surface area (Å²) in [5.74, 6) is 1.67. The van der Waals surface area contributed by atoms with E-state index in [-0.39, 0.29) is 12.0 Å². The second-order valence-electron chi connectivity index (χ2n) is 7.36. The molecule has 2 aromatic heterocycles. The molecule has 1 aliphatic heterocycles. The first-order valence-corrected chi connectivity index (χ1v) is 10.2. The van der Waals surface area contributed by atoms with Gasteiger partial charge in [0.15, 0.2) is 11.5 Å².